The van der Waals surface area contributed by atoms with Gasteiger partial charge in [0.2, 0.25) is 5.75 Å². The van der Waals surface area contributed by atoms with E-state index in [1.165, 1.54) is 12.4 Å². The van der Waals surface area contributed by atoms with Crippen LogP contribution in [0.25, 0.3) is 11.3 Å². The summed E-state index contributed by atoms with van der Waals surface area (Å²) in [6.45, 7) is 9.19. The molecule has 0 aliphatic carbocycles. The van der Waals surface area contributed by atoms with Crippen LogP contribution in [0.4, 0.5) is 29.2 Å². The highest BCUT2D eigenvalue weighted by atomic mass is 19.4. The Morgan fingerprint density at radius 2 is 1.90 bits per heavy atom. The largest absolute Gasteiger partial charge is 0.487 e. The van der Waals surface area contributed by atoms with E-state index in [-0.39, 0.29) is 11.5 Å². The van der Waals surface area contributed by atoms with Gasteiger partial charge in [-0.3, -0.25) is 0 Å². The first kappa shape index (κ1) is 28.6. The fourth-order valence-electron chi connectivity index (χ4n) is 4.84. The summed E-state index contributed by atoms with van der Waals surface area (Å²) in [5.74, 6) is 1.58. The van der Waals surface area contributed by atoms with E-state index >= 15 is 0 Å². The molecule has 1 saturated heterocycles. The van der Waals surface area contributed by atoms with Gasteiger partial charge in [-0.05, 0) is 38.0 Å². The van der Waals surface area contributed by atoms with Gasteiger partial charge in [-0.25, -0.2) is 19.3 Å². The Balaban J connectivity index is 1.60. The van der Waals surface area contributed by atoms with Gasteiger partial charge in [0.15, 0.2) is 11.6 Å². The van der Waals surface area contributed by atoms with Crippen molar-refractivity contribution < 1.29 is 22.3 Å². The molecule has 4 rings (SSSR count). The number of piperidine rings is 1. The number of rotatable bonds is 10. The average Bonchev–Trinajstić information content (AvgIpc) is 3.32. The van der Waals surface area contributed by atoms with Gasteiger partial charge in [0, 0.05) is 56.9 Å². The first-order valence-corrected chi connectivity index (χ1v) is 13.2. The van der Waals surface area contributed by atoms with Crippen LogP contribution >= 0.6 is 0 Å². The number of ether oxygens (including phenoxy) is 1. The minimum atomic E-state index is -4.78. The lowest BCUT2D eigenvalue weighted by molar-refractivity contribution is -0.139. The number of halogens is 4. The Morgan fingerprint density at radius 3 is 2.54 bits per heavy atom. The van der Waals surface area contributed by atoms with E-state index in [1.807, 2.05) is 11.5 Å². The number of aromatic nitrogens is 4. The monoisotopic (exact) mass is 549 g/mol. The van der Waals surface area contributed by atoms with Crippen molar-refractivity contribution >= 4 is 11.6 Å². The molecule has 3 aromatic rings. The van der Waals surface area contributed by atoms with Crippen molar-refractivity contribution in [3.8, 4) is 17.0 Å². The molecular formula is C27H35F4N7O. The zero-order valence-electron chi connectivity index (χ0n) is 22.6. The zero-order chi connectivity index (χ0) is 28.2. The lowest BCUT2D eigenvalue weighted by atomic mass is 9.95. The van der Waals surface area contributed by atoms with Gasteiger partial charge in [-0.1, -0.05) is 13.8 Å². The average molecular weight is 550 g/mol. The Kier molecular flexibility index (Phi) is 8.94. The standard InChI is InChI=1S/C27H35F4N7O/c1-5-39-23-24(32-4)34-16-35-26(23)37-11-8-18(9-12-37)25-36-22(15-38(25)13-10-33-17(2)3)19-6-7-21(28)20(14-19)27(29,30)31/h6-7,14-18,33H,5,8-13H2,1-4H3,(H,32,34,35). The number of benzene rings is 1. The number of imidazole rings is 1. The number of hydrogen-bond donors (Lipinski definition) is 2. The molecule has 8 nitrogen and oxygen atoms in total. The van der Waals surface area contributed by atoms with Gasteiger partial charge < -0.3 is 24.8 Å². The number of nitrogens with zero attached hydrogens (tertiary/aromatic N) is 5. The first-order valence-electron chi connectivity index (χ1n) is 13.2. The van der Waals surface area contributed by atoms with Crippen molar-refractivity contribution in [1.82, 2.24) is 24.8 Å². The molecule has 2 N–H and O–H groups in total. The minimum Gasteiger partial charge on any atom is -0.487 e. The second-order valence-corrected chi connectivity index (χ2v) is 9.80. The molecule has 1 aliphatic rings. The summed E-state index contributed by atoms with van der Waals surface area (Å²) in [5.41, 5.74) is -0.655. The molecule has 0 spiro atoms. The highest BCUT2D eigenvalue weighted by molar-refractivity contribution is 5.65. The maximum atomic E-state index is 13.9. The summed E-state index contributed by atoms with van der Waals surface area (Å²) in [6.07, 6.45) is 0.0434. The van der Waals surface area contributed by atoms with E-state index in [2.05, 4.69) is 39.3 Å². The highest BCUT2D eigenvalue weighted by Crippen LogP contribution is 2.38. The van der Waals surface area contributed by atoms with Crippen molar-refractivity contribution in [2.75, 3.05) is 43.5 Å². The van der Waals surface area contributed by atoms with Crippen molar-refractivity contribution in [3.05, 3.63) is 47.9 Å². The molecule has 0 atom stereocenters. The number of hydrogen-bond acceptors (Lipinski definition) is 7. The molecular weight excluding hydrogens is 514 g/mol. The smallest absolute Gasteiger partial charge is 0.419 e. The zero-order valence-corrected chi connectivity index (χ0v) is 22.6. The van der Waals surface area contributed by atoms with Crippen LogP contribution in [-0.4, -0.2) is 58.8 Å². The van der Waals surface area contributed by atoms with Crippen LogP contribution in [-0.2, 0) is 12.7 Å². The summed E-state index contributed by atoms with van der Waals surface area (Å²) < 4.78 is 61.9. The van der Waals surface area contributed by atoms with E-state index in [0.29, 0.717) is 56.1 Å². The van der Waals surface area contributed by atoms with Crippen LogP contribution < -0.4 is 20.3 Å². The summed E-state index contributed by atoms with van der Waals surface area (Å²) in [7, 11) is 1.78. The maximum Gasteiger partial charge on any atom is 0.419 e. The highest BCUT2D eigenvalue weighted by Gasteiger charge is 2.35. The molecule has 1 aromatic carbocycles. The Hall–Kier alpha value is -3.41. The van der Waals surface area contributed by atoms with Gasteiger partial charge >= 0.3 is 6.18 Å². The third-order valence-electron chi connectivity index (χ3n) is 6.75. The molecule has 0 amide bonds. The molecule has 0 unspecified atom stereocenters. The van der Waals surface area contributed by atoms with Gasteiger partial charge in [0.1, 0.15) is 18.0 Å². The third-order valence-corrected chi connectivity index (χ3v) is 6.75. The SMILES string of the molecule is CCOc1c(NC)ncnc1N1CCC(c2nc(-c3ccc(F)c(C(F)(F)F)c3)cn2CCNC(C)C)CC1. The predicted molar refractivity (Wildman–Crippen MR) is 143 cm³/mol. The molecule has 0 bridgehead atoms. The van der Waals surface area contributed by atoms with Crippen LogP contribution in [0, 0.1) is 5.82 Å². The molecule has 0 radical (unpaired) electrons. The summed E-state index contributed by atoms with van der Waals surface area (Å²) >= 11 is 0. The van der Waals surface area contributed by atoms with Gasteiger partial charge in [-0.2, -0.15) is 13.2 Å². The van der Waals surface area contributed by atoms with Crippen LogP contribution in [0.15, 0.2) is 30.7 Å². The molecule has 2 aromatic heterocycles. The van der Waals surface area contributed by atoms with E-state index in [0.717, 1.165) is 36.6 Å². The fourth-order valence-corrected chi connectivity index (χ4v) is 4.84. The Morgan fingerprint density at radius 1 is 1.15 bits per heavy atom. The first-order chi connectivity index (χ1) is 18.6. The molecule has 39 heavy (non-hydrogen) atoms. The lowest BCUT2D eigenvalue weighted by Gasteiger charge is -2.33. The second kappa shape index (κ2) is 12.2. The Labute approximate surface area is 225 Å². The molecule has 212 valence electrons. The molecule has 12 heteroatoms. The summed E-state index contributed by atoms with van der Waals surface area (Å²) in [6, 6.07) is 3.33. The number of anilines is 2. The number of nitrogens with one attached hydrogen (secondary N) is 2. The predicted octanol–water partition coefficient (Wildman–Crippen LogP) is 5.32. The van der Waals surface area contributed by atoms with Crippen LogP contribution in [0.3, 0.4) is 0 Å². The van der Waals surface area contributed by atoms with Crippen molar-refractivity contribution in [2.24, 2.45) is 0 Å². The molecule has 3 heterocycles. The van der Waals surface area contributed by atoms with Crippen LogP contribution in [0.5, 0.6) is 5.75 Å². The van der Waals surface area contributed by atoms with Crippen molar-refractivity contribution in [3.63, 3.8) is 0 Å². The van der Waals surface area contributed by atoms with Crippen LogP contribution in [0.2, 0.25) is 0 Å². The second-order valence-electron chi connectivity index (χ2n) is 9.80. The molecule has 0 saturated carbocycles. The van der Waals surface area contributed by atoms with Crippen LogP contribution in [0.1, 0.15) is 50.9 Å². The van der Waals surface area contributed by atoms with E-state index in [4.69, 9.17) is 9.72 Å². The maximum absolute atomic E-state index is 13.9. The topological polar surface area (TPSA) is 80.1 Å². The van der Waals surface area contributed by atoms with E-state index < -0.39 is 17.6 Å². The normalized spacial score (nSPS) is 14.7. The van der Waals surface area contributed by atoms with E-state index in [9.17, 15) is 17.6 Å². The molecule has 1 aliphatic heterocycles. The summed E-state index contributed by atoms with van der Waals surface area (Å²) in [4.78, 5) is 15.7. The number of alkyl halides is 3. The Bertz CT molecular complexity index is 1250. The third kappa shape index (κ3) is 6.60. The van der Waals surface area contributed by atoms with Gasteiger partial charge in [0.25, 0.3) is 0 Å². The minimum absolute atomic E-state index is 0.0951. The van der Waals surface area contributed by atoms with Gasteiger partial charge in [0.05, 0.1) is 17.9 Å². The quantitative estimate of drug-likeness (QED) is 0.332. The summed E-state index contributed by atoms with van der Waals surface area (Å²) in [5, 5.41) is 6.43. The lowest BCUT2D eigenvalue weighted by Crippen LogP contribution is -2.35. The fraction of sp³-hybridized carbons (Fsp3) is 0.519. The van der Waals surface area contributed by atoms with Gasteiger partial charge in [-0.15, -0.1) is 0 Å². The van der Waals surface area contributed by atoms with Crippen molar-refractivity contribution in [2.45, 2.75) is 58.3 Å². The van der Waals surface area contributed by atoms with E-state index in [1.54, 1.807) is 13.2 Å². The molecule has 1 fully saturated rings. The van der Waals surface area contributed by atoms with Crippen molar-refractivity contribution in [1.29, 1.82) is 0 Å².